The van der Waals surface area contributed by atoms with Gasteiger partial charge in [-0.15, -0.1) is 0 Å². The van der Waals surface area contributed by atoms with Crippen molar-refractivity contribution in [3.8, 4) is 0 Å². The van der Waals surface area contributed by atoms with E-state index >= 15 is 0 Å². The van der Waals surface area contributed by atoms with Crippen molar-refractivity contribution in [1.82, 2.24) is 4.90 Å². The summed E-state index contributed by atoms with van der Waals surface area (Å²) in [6, 6.07) is 8.56. The third-order valence-corrected chi connectivity index (χ3v) is 3.34. The minimum atomic E-state index is 0.665. The molecule has 1 aromatic carbocycles. The molecule has 0 spiro atoms. The van der Waals surface area contributed by atoms with Crippen LogP contribution in [0.25, 0.3) is 0 Å². The first-order valence-corrected chi connectivity index (χ1v) is 5.75. The minimum Gasteiger partial charge on any atom is -0.326 e. The van der Waals surface area contributed by atoms with Crippen LogP contribution in [0.1, 0.15) is 17.5 Å². The van der Waals surface area contributed by atoms with E-state index in [1.807, 2.05) is 0 Å². The standard InChI is InChI=1S/C13H20N2/c1-15-7-6-11(10-15)8-12-4-2-3-5-13(12)9-14/h2-5,11H,6-10,14H2,1H3. The van der Waals surface area contributed by atoms with Crippen molar-refractivity contribution in [1.29, 1.82) is 0 Å². The Morgan fingerprint density at radius 2 is 2.07 bits per heavy atom. The van der Waals surface area contributed by atoms with Crippen molar-refractivity contribution in [2.24, 2.45) is 11.7 Å². The second-order valence-corrected chi connectivity index (χ2v) is 4.59. The summed E-state index contributed by atoms with van der Waals surface area (Å²) in [4.78, 5) is 2.41. The van der Waals surface area contributed by atoms with Crippen molar-refractivity contribution in [3.63, 3.8) is 0 Å². The molecular formula is C13H20N2. The van der Waals surface area contributed by atoms with Crippen LogP contribution >= 0.6 is 0 Å². The molecule has 1 saturated heterocycles. The predicted octanol–water partition coefficient (Wildman–Crippen LogP) is 1.64. The van der Waals surface area contributed by atoms with Gasteiger partial charge in [-0.2, -0.15) is 0 Å². The van der Waals surface area contributed by atoms with Gasteiger partial charge in [-0.25, -0.2) is 0 Å². The Hall–Kier alpha value is -0.860. The maximum Gasteiger partial charge on any atom is 0.0180 e. The molecule has 2 heteroatoms. The highest BCUT2D eigenvalue weighted by atomic mass is 15.1. The number of nitrogens with two attached hydrogens (primary N) is 1. The van der Waals surface area contributed by atoms with Gasteiger partial charge in [-0.05, 0) is 43.5 Å². The number of rotatable bonds is 3. The average Bonchev–Trinajstić information content (AvgIpc) is 2.65. The number of benzene rings is 1. The van der Waals surface area contributed by atoms with Crippen molar-refractivity contribution < 1.29 is 0 Å². The minimum absolute atomic E-state index is 0.665. The van der Waals surface area contributed by atoms with Crippen LogP contribution in [0.5, 0.6) is 0 Å². The fourth-order valence-electron chi connectivity index (χ4n) is 2.46. The molecule has 1 aliphatic rings. The van der Waals surface area contributed by atoms with E-state index in [9.17, 15) is 0 Å². The number of likely N-dealkylation sites (tertiary alicyclic amines) is 1. The van der Waals surface area contributed by atoms with Crippen LogP contribution in [0, 0.1) is 5.92 Å². The molecule has 1 unspecified atom stereocenters. The molecular weight excluding hydrogens is 184 g/mol. The molecule has 1 aliphatic heterocycles. The van der Waals surface area contributed by atoms with Crippen molar-refractivity contribution in [3.05, 3.63) is 35.4 Å². The van der Waals surface area contributed by atoms with Crippen LogP contribution in [0.4, 0.5) is 0 Å². The van der Waals surface area contributed by atoms with E-state index in [-0.39, 0.29) is 0 Å². The van der Waals surface area contributed by atoms with Gasteiger partial charge in [0.2, 0.25) is 0 Å². The third-order valence-electron chi connectivity index (χ3n) is 3.34. The van der Waals surface area contributed by atoms with E-state index in [1.54, 1.807) is 0 Å². The SMILES string of the molecule is CN1CCC(Cc2ccccc2CN)C1. The normalized spacial score (nSPS) is 22.1. The molecule has 0 amide bonds. The lowest BCUT2D eigenvalue weighted by Crippen LogP contribution is -2.15. The van der Waals surface area contributed by atoms with E-state index in [4.69, 9.17) is 5.73 Å². The summed E-state index contributed by atoms with van der Waals surface area (Å²) in [5.41, 5.74) is 8.50. The summed E-state index contributed by atoms with van der Waals surface area (Å²) in [6.45, 7) is 3.15. The Morgan fingerprint density at radius 3 is 2.67 bits per heavy atom. The van der Waals surface area contributed by atoms with Crippen LogP contribution < -0.4 is 5.73 Å². The maximum absolute atomic E-state index is 5.74. The van der Waals surface area contributed by atoms with Gasteiger partial charge in [0.05, 0.1) is 0 Å². The van der Waals surface area contributed by atoms with Gasteiger partial charge in [0.1, 0.15) is 0 Å². The van der Waals surface area contributed by atoms with Crippen LogP contribution in [0.3, 0.4) is 0 Å². The van der Waals surface area contributed by atoms with Crippen molar-refractivity contribution >= 4 is 0 Å². The van der Waals surface area contributed by atoms with Gasteiger partial charge >= 0.3 is 0 Å². The Balaban J connectivity index is 2.04. The Labute approximate surface area is 92.1 Å². The molecule has 0 aliphatic carbocycles. The molecule has 1 fully saturated rings. The van der Waals surface area contributed by atoms with E-state index in [2.05, 4.69) is 36.2 Å². The fourth-order valence-corrected chi connectivity index (χ4v) is 2.46. The molecule has 0 aromatic heterocycles. The lowest BCUT2D eigenvalue weighted by molar-refractivity contribution is 0.394. The van der Waals surface area contributed by atoms with Gasteiger partial charge in [0.15, 0.2) is 0 Å². The third kappa shape index (κ3) is 2.58. The Bertz CT molecular complexity index is 322. The molecule has 2 nitrogen and oxygen atoms in total. The van der Waals surface area contributed by atoms with E-state index in [1.165, 1.54) is 37.1 Å². The number of nitrogens with zero attached hydrogens (tertiary/aromatic N) is 1. The van der Waals surface area contributed by atoms with Crippen molar-refractivity contribution in [2.75, 3.05) is 20.1 Å². The zero-order valence-corrected chi connectivity index (χ0v) is 9.45. The molecule has 82 valence electrons. The molecule has 0 radical (unpaired) electrons. The van der Waals surface area contributed by atoms with Gasteiger partial charge < -0.3 is 10.6 Å². The molecule has 2 rings (SSSR count). The highest BCUT2D eigenvalue weighted by molar-refractivity contribution is 5.27. The molecule has 1 heterocycles. The zero-order chi connectivity index (χ0) is 10.7. The summed E-state index contributed by atoms with van der Waals surface area (Å²) >= 11 is 0. The van der Waals surface area contributed by atoms with Gasteiger partial charge in [-0.1, -0.05) is 24.3 Å². The van der Waals surface area contributed by atoms with Crippen LogP contribution in [-0.4, -0.2) is 25.0 Å². The topological polar surface area (TPSA) is 29.3 Å². The average molecular weight is 204 g/mol. The second kappa shape index (κ2) is 4.77. The molecule has 0 bridgehead atoms. The first-order valence-electron chi connectivity index (χ1n) is 5.75. The largest absolute Gasteiger partial charge is 0.326 e. The van der Waals surface area contributed by atoms with Gasteiger partial charge in [-0.3, -0.25) is 0 Å². The maximum atomic E-state index is 5.74. The highest BCUT2D eigenvalue weighted by Gasteiger charge is 2.20. The molecule has 1 atom stereocenters. The van der Waals surface area contributed by atoms with Crippen LogP contribution in [0.15, 0.2) is 24.3 Å². The summed E-state index contributed by atoms with van der Waals surface area (Å²) in [7, 11) is 2.20. The van der Waals surface area contributed by atoms with Crippen LogP contribution in [-0.2, 0) is 13.0 Å². The molecule has 0 saturated carbocycles. The monoisotopic (exact) mass is 204 g/mol. The summed E-state index contributed by atoms with van der Waals surface area (Å²) in [6.07, 6.45) is 2.52. The number of hydrogen-bond donors (Lipinski definition) is 1. The predicted molar refractivity (Wildman–Crippen MR) is 63.6 cm³/mol. The Morgan fingerprint density at radius 1 is 1.33 bits per heavy atom. The van der Waals surface area contributed by atoms with Gasteiger partial charge in [0.25, 0.3) is 0 Å². The zero-order valence-electron chi connectivity index (χ0n) is 9.45. The lowest BCUT2D eigenvalue weighted by atomic mass is 9.95. The fraction of sp³-hybridized carbons (Fsp3) is 0.538. The van der Waals surface area contributed by atoms with Gasteiger partial charge in [0, 0.05) is 13.1 Å². The second-order valence-electron chi connectivity index (χ2n) is 4.59. The smallest absolute Gasteiger partial charge is 0.0180 e. The quantitative estimate of drug-likeness (QED) is 0.811. The van der Waals surface area contributed by atoms with E-state index < -0.39 is 0 Å². The number of hydrogen-bond acceptors (Lipinski definition) is 2. The first-order chi connectivity index (χ1) is 7.29. The molecule has 1 aromatic rings. The Kier molecular flexibility index (Phi) is 3.39. The van der Waals surface area contributed by atoms with Crippen molar-refractivity contribution in [2.45, 2.75) is 19.4 Å². The summed E-state index contributed by atoms with van der Waals surface area (Å²) in [5, 5.41) is 0. The summed E-state index contributed by atoms with van der Waals surface area (Å²) in [5.74, 6) is 0.822. The lowest BCUT2D eigenvalue weighted by Gasteiger charge is -2.13. The molecule has 2 N–H and O–H groups in total. The first kappa shape index (κ1) is 10.7. The van der Waals surface area contributed by atoms with Crippen LogP contribution in [0.2, 0.25) is 0 Å². The highest BCUT2D eigenvalue weighted by Crippen LogP contribution is 2.21. The van der Waals surface area contributed by atoms with E-state index in [0.717, 1.165) is 5.92 Å². The molecule has 15 heavy (non-hydrogen) atoms. The van der Waals surface area contributed by atoms with E-state index in [0.29, 0.717) is 6.54 Å². The summed E-state index contributed by atoms with van der Waals surface area (Å²) < 4.78 is 0.